The maximum Gasteiger partial charge on any atom is 0.177 e. The zero-order chi connectivity index (χ0) is 10.9. The van der Waals surface area contributed by atoms with Gasteiger partial charge in [-0.2, -0.15) is 0 Å². The molecule has 2 N–H and O–H groups in total. The Bertz CT molecular complexity index is 475. The second kappa shape index (κ2) is 2.99. The Labute approximate surface area is 99.5 Å². The van der Waals surface area contributed by atoms with E-state index < -0.39 is 0 Å². The van der Waals surface area contributed by atoms with Gasteiger partial charge in [-0.05, 0) is 55.2 Å². The predicted molar refractivity (Wildman–Crippen MR) is 62.4 cm³/mol. The summed E-state index contributed by atoms with van der Waals surface area (Å²) in [5.74, 6) is 3.63. The van der Waals surface area contributed by atoms with Crippen LogP contribution in [0.4, 0.5) is 0 Å². The smallest absolute Gasteiger partial charge is 0.177 e. The number of hydrogen-bond donors (Lipinski definition) is 2. The van der Waals surface area contributed by atoms with E-state index in [0.717, 1.165) is 34.1 Å². The van der Waals surface area contributed by atoms with Crippen LogP contribution in [0.5, 0.6) is 0 Å². The summed E-state index contributed by atoms with van der Waals surface area (Å²) in [6.45, 7) is 0.0956. The van der Waals surface area contributed by atoms with Crippen LogP contribution >= 0.6 is 12.2 Å². The van der Waals surface area contributed by atoms with E-state index >= 15 is 0 Å². The molecule has 4 heteroatoms. The number of fused-ring (bicyclic) bond motifs is 5. The van der Waals surface area contributed by atoms with Crippen molar-refractivity contribution >= 4 is 12.2 Å². The van der Waals surface area contributed by atoms with Crippen LogP contribution in [0.1, 0.15) is 31.0 Å². The molecule has 1 aromatic heterocycles. The minimum atomic E-state index is 0.0956. The Morgan fingerprint density at radius 2 is 2.06 bits per heavy atom. The first-order chi connectivity index (χ1) is 7.81. The molecule has 1 aromatic rings. The fourth-order valence-electron chi connectivity index (χ4n) is 4.49. The first kappa shape index (κ1) is 9.42. The molecule has 4 unspecified atom stereocenters. The van der Waals surface area contributed by atoms with Gasteiger partial charge in [0.2, 0.25) is 0 Å². The third-order valence-corrected chi connectivity index (χ3v) is 5.36. The highest BCUT2D eigenvalue weighted by atomic mass is 32.1. The quantitative estimate of drug-likeness (QED) is 0.773. The number of nitrogens with one attached hydrogen (secondary N) is 1. The van der Waals surface area contributed by atoms with E-state index in [-0.39, 0.29) is 6.61 Å². The molecule has 3 aliphatic carbocycles. The molecular formula is C12H16N2OS. The lowest BCUT2D eigenvalue weighted by Gasteiger charge is -2.12. The van der Waals surface area contributed by atoms with Crippen LogP contribution in [0.15, 0.2) is 6.20 Å². The largest absolute Gasteiger partial charge is 0.390 e. The molecule has 16 heavy (non-hydrogen) atoms. The van der Waals surface area contributed by atoms with Gasteiger partial charge >= 0.3 is 0 Å². The average molecular weight is 236 g/mol. The lowest BCUT2D eigenvalue weighted by Crippen LogP contribution is -2.08. The van der Waals surface area contributed by atoms with E-state index in [4.69, 9.17) is 12.2 Å². The summed E-state index contributed by atoms with van der Waals surface area (Å²) in [6, 6.07) is 0.604. The molecule has 2 bridgehead atoms. The Kier molecular flexibility index (Phi) is 1.76. The molecule has 4 rings (SSSR count). The summed E-state index contributed by atoms with van der Waals surface area (Å²) >= 11 is 5.33. The van der Waals surface area contributed by atoms with Gasteiger partial charge in [0.1, 0.15) is 0 Å². The molecule has 0 radical (unpaired) electrons. The Balaban J connectivity index is 1.73. The van der Waals surface area contributed by atoms with Crippen molar-refractivity contribution in [3.63, 3.8) is 0 Å². The highest BCUT2D eigenvalue weighted by molar-refractivity contribution is 7.71. The van der Waals surface area contributed by atoms with E-state index in [9.17, 15) is 5.11 Å². The molecule has 0 saturated heterocycles. The topological polar surface area (TPSA) is 40.9 Å². The molecule has 0 spiro atoms. The molecule has 3 saturated carbocycles. The molecule has 3 fully saturated rings. The van der Waals surface area contributed by atoms with Crippen molar-refractivity contribution in [2.75, 3.05) is 0 Å². The zero-order valence-electron chi connectivity index (χ0n) is 9.10. The second-order valence-electron chi connectivity index (χ2n) is 5.59. The number of H-pyrrole nitrogens is 1. The summed E-state index contributed by atoms with van der Waals surface area (Å²) in [4.78, 5) is 3.07. The molecule has 3 aliphatic rings. The van der Waals surface area contributed by atoms with Crippen LogP contribution in [0.25, 0.3) is 0 Å². The van der Waals surface area contributed by atoms with Crippen LogP contribution in [0.3, 0.4) is 0 Å². The summed E-state index contributed by atoms with van der Waals surface area (Å²) in [7, 11) is 0. The van der Waals surface area contributed by atoms with Crippen LogP contribution in [-0.4, -0.2) is 14.7 Å². The van der Waals surface area contributed by atoms with Crippen molar-refractivity contribution in [2.24, 2.45) is 23.7 Å². The first-order valence-corrected chi connectivity index (χ1v) is 6.61. The van der Waals surface area contributed by atoms with Crippen molar-refractivity contribution in [3.8, 4) is 0 Å². The van der Waals surface area contributed by atoms with Gasteiger partial charge in [0.25, 0.3) is 0 Å². The molecule has 4 atom stereocenters. The normalized spacial score (nSPS) is 43.7. The number of aromatic amines is 1. The SMILES string of the molecule is OCc1c[nH]c(=S)n1C1C2C3CCC(C3)C21. The standard InChI is InChI=1S/C12H16N2OS/c15-5-8-4-13-12(16)14(8)11-9-6-1-2-7(3-6)10(9)11/h4,6-7,9-11,15H,1-3,5H2,(H,13,16). The minimum Gasteiger partial charge on any atom is -0.390 e. The van der Waals surface area contributed by atoms with Gasteiger partial charge in [-0.15, -0.1) is 0 Å². The average Bonchev–Trinajstić information content (AvgIpc) is 2.69. The summed E-state index contributed by atoms with van der Waals surface area (Å²) < 4.78 is 2.98. The van der Waals surface area contributed by atoms with Gasteiger partial charge in [-0.3, -0.25) is 0 Å². The number of aliphatic hydroxyl groups is 1. The van der Waals surface area contributed by atoms with E-state index in [2.05, 4.69) is 9.55 Å². The minimum absolute atomic E-state index is 0.0956. The highest BCUT2D eigenvalue weighted by Crippen LogP contribution is 2.71. The van der Waals surface area contributed by atoms with Gasteiger partial charge in [0.15, 0.2) is 4.77 Å². The van der Waals surface area contributed by atoms with Crippen molar-refractivity contribution in [1.82, 2.24) is 9.55 Å². The van der Waals surface area contributed by atoms with Crippen molar-refractivity contribution < 1.29 is 5.11 Å². The lowest BCUT2D eigenvalue weighted by molar-refractivity contribution is 0.267. The maximum atomic E-state index is 9.33. The van der Waals surface area contributed by atoms with Gasteiger partial charge in [0.05, 0.1) is 12.3 Å². The third-order valence-electron chi connectivity index (χ3n) is 5.05. The van der Waals surface area contributed by atoms with Crippen molar-refractivity contribution in [3.05, 3.63) is 16.7 Å². The Morgan fingerprint density at radius 1 is 1.38 bits per heavy atom. The second-order valence-corrected chi connectivity index (χ2v) is 5.98. The van der Waals surface area contributed by atoms with E-state index in [1.54, 1.807) is 0 Å². The fraction of sp³-hybridized carbons (Fsp3) is 0.750. The van der Waals surface area contributed by atoms with Gasteiger partial charge < -0.3 is 14.7 Å². The number of hydrogen-bond acceptors (Lipinski definition) is 2. The fourth-order valence-corrected chi connectivity index (χ4v) is 4.79. The van der Waals surface area contributed by atoms with Crippen LogP contribution in [-0.2, 0) is 6.61 Å². The zero-order valence-corrected chi connectivity index (χ0v) is 9.91. The van der Waals surface area contributed by atoms with Crippen LogP contribution < -0.4 is 0 Å². The molecule has 86 valence electrons. The molecule has 0 amide bonds. The Hall–Kier alpha value is -0.610. The van der Waals surface area contributed by atoms with E-state index in [1.165, 1.54) is 19.3 Å². The number of aliphatic hydroxyl groups excluding tert-OH is 1. The number of nitrogens with zero attached hydrogens (tertiary/aromatic N) is 1. The number of rotatable bonds is 2. The van der Waals surface area contributed by atoms with Crippen molar-refractivity contribution in [1.29, 1.82) is 0 Å². The first-order valence-electron chi connectivity index (χ1n) is 6.21. The maximum absolute atomic E-state index is 9.33. The summed E-state index contributed by atoms with van der Waals surface area (Å²) in [6.07, 6.45) is 6.17. The lowest BCUT2D eigenvalue weighted by atomic mass is 10.0. The highest BCUT2D eigenvalue weighted by Gasteiger charge is 2.66. The number of imidazole rings is 1. The molecule has 1 heterocycles. The summed E-state index contributed by atoms with van der Waals surface area (Å²) in [5.41, 5.74) is 0.962. The third kappa shape index (κ3) is 0.998. The van der Waals surface area contributed by atoms with E-state index in [0.29, 0.717) is 6.04 Å². The molecule has 0 aromatic carbocycles. The summed E-state index contributed by atoms with van der Waals surface area (Å²) in [5, 5.41) is 9.33. The predicted octanol–water partition coefficient (Wildman–Crippen LogP) is 2.25. The molecular weight excluding hydrogens is 220 g/mol. The van der Waals surface area contributed by atoms with E-state index in [1.807, 2.05) is 6.20 Å². The van der Waals surface area contributed by atoms with Gasteiger partial charge in [0, 0.05) is 12.2 Å². The Morgan fingerprint density at radius 3 is 2.69 bits per heavy atom. The molecule has 3 nitrogen and oxygen atoms in total. The number of aromatic nitrogens is 2. The van der Waals surface area contributed by atoms with Crippen molar-refractivity contribution in [2.45, 2.75) is 31.9 Å². The van der Waals surface area contributed by atoms with Crippen LogP contribution in [0.2, 0.25) is 0 Å². The van der Waals surface area contributed by atoms with Gasteiger partial charge in [-0.1, -0.05) is 0 Å². The molecule has 0 aliphatic heterocycles. The van der Waals surface area contributed by atoms with Crippen LogP contribution in [0, 0.1) is 28.4 Å². The monoisotopic (exact) mass is 236 g/mol. The van der Waals surface area contributed by atoms with Gasteiger partial charge in [-0.25, -0.2) is 0 Å².